The zero-order valence-electron chi connectivity index (χ0n) is 14.4. The minimum atomic E-state index is -0.672. The van der Waals surface area contributed by atoms with Gasteiger partial charge < -0.3 is 10.2 Å². The molecule has 3 nitrogen and oxygen atoms in total. The van der Waals surface area contributed by atoms with Crippen LogP contribution < -0.4 is 0 Å². The van der Waals surface area contributed by atoms with E-state index in [-0.39, 0.29) is 6.10 Å². The van der Waals surface area contributed by atoms with Gasteiger partial charge in [-0.2, -0.15) is 0 Å². The van der Waals surface area contributed by atoms with E-state index >= 15 is 0 Å². The summed E-state index contributed by atoms with van der Waals surface area (Å²) in [6.07, 6.45) is 15.5. The molecule has 0 heterocycles. The first-order valence-electron chi connectivity index (χ1n) is 9.53. The van der Waals surface area contributed by atoms with Gasteiger partial charge in [-0.1, -0.05) is 64.7 Å². The predicted molar refractivity (Wildman–Crippen MR) is 90.9 cm³/mol. The van der Waals surface area contributed by atoms with Crippen molar-refractivity contribution in [3.63, 3.8) is 0 Å². The molecule has 130 valence electrons. The third kappa shape index (κ3) is 10.2. The maximum absolute atomic E-state index is 10.4. The van der Waals surface area contributed by atoms with Gasteiger partial charge in [0.15, 0.2) is 0 Å². The number of unbranched alkanes of at least 4 members (excludes halogenated alkanes) is 7. The lowest BCUT2D eigenvalue weighted by Crippen LogP contribution is -2.07. The van der Waals surface area contributed by atoms with Crippen molar-refractivity contribution < 1.29 is 15.0 Å². The first kappa shape index (κ1) is 19.5. The monoisotopic (exact) mass is 312 g/mol. The van der Waals surface area contributed by atoms with Crippen LogP contribution in [-0.4, -0.2) is 22.3 Å². The number of hydrogen-bond acceptors (Lipinski definition) is 2. The third-order valence-electron chi connectivity index (χ3n) is 5.00. The Hall–Kier alpha value is -0.570. The second-order valence-corrected chi connectivity index (χ2v) is 7.19. The first-order valence-corrected chi connectivity index (χ1v) is 9.53. The van der Waals surface area contributed by atoms with Crippen molar-refractivity contribution in [2.45, 2.75) is 103 Å². The van der Waals surface area contributed by atoms with Crippen LogP contribution in [0.1, 0.15) is 96.8 Å². The normalized spacial score (nSPS) is 21.7. The molecule has 1 aliphatic carbocycles. The van der Waals surface area contributed by atoms with Crippen LogP contribution >= 0.6 is 0 Å². The van der Waals surface area contributed by atoms with Gasteiger partial charge in [0.05, 0.1) is 6.10 Å². The molecule has 0 radical (unpaired) electrons. The SMILES string of the molecule is CCCCCC[C@@H](O)CC1CC1CCCCCCCC(=O)O. The summed E-state index contributed by atoms with van der Waals surface area (Å²) in [6.45, 7) is 2.22. The Balaban J connectivity index is 1.86. The minimum absolute atomic E-state index is 0.0668. The number of hydrogen-bond donors (Lipinski definition) is 2. The highest BCUT2D eigenvalue weighted by Gasteiger charge is 2.37. The van der Waals surface area contributed by atoms with Crippen molar-refractivity contribution in [1.82, 2.24) is 0 Å². The van der Waals surface area contributed by atoms with Crippen molar-refractivity contribution in [3.05, 3.63) is 0 Å². The molecule has 1 aliphatic rings. The lowest BCUT2D eigenvalue weighted by molar-refractivity contribution is -0.137. The van der Waals surface area contributed by atoms with Crippen LogP contribution in [0.5, 0.6) is 0 Å². The van der Waals surface area contributed by atoms with Crippen LogP contribution in [0.4, 0.5) is 0 Å². The van der Waals surface area contributed by atoms with Crippen molar-refractivity contribution in [2.24, 2.45) is 11.8 Å². The van der Waals surface area contributed by atoms with E-state index in [0.29, 0.717) is 6.42 Å². The number of carboxylic acid groups (broad SMARTS) is 1. The summed E-state index contributed by atoms with van der Waals surface area (Å²) in [5.41, 5.74) is 0. The lowest BCUT2D eigenvalue weighted by Gasteiger charge is -2.10. The van der Waals surface area contributed by atoms with E-state index in [4.69, 9.17) is 5.11 Å². The largest absolute Gasteiger partial charge is 0.481 e. The van der Waals surface area contributed by atoms with Gasteiger partial charge in [0.25, 0.3) is 0 Å². The van der Waals surface area contributed by atoms with Crippen molar-refractivity contribution in [3.8, 4) is 0 Å². The molecule has 1 saturated carbocycles. The molecule has 1 rings (SSSR count). The van der Waals surface area contributed by atoms with Crippen LogP contribution in [0.25, 0.3) is 0 Å². The smallest absolute Gasteiger partial charge is 0.303 e. The summed E-state index contributed by atoms with van der Waals surface area (Å²) in [5, 5.41) is 18.6. The van der Waals surface area contributed by atoms with Gasteiger partial charge in [0, 0.05) is 6.42 Å². The van der Waals surface area contributed by atoms with E-state index < -0.39 is 5.97 Å². The predicted octanol–water partition coefficient (Wildman–Crippen LogP) is 5.16. The van der Waals surface area contributed by atoms with E-state index in [0.717, 1.165) is 37.5 Å². The molecule has 0 bridgehead atoms. The molecular weight excluding hydrogens is 276 g/mol. The fraction of sp³-hybridized carbons (Fsp3) is 0.947. The Kier molecular flexibility index (Phi) is 10.6. The van der Waals surface area contributed by atoms with Gasteiger partial charge >= 0.3 is 5.97 Å². The molecule has 0 aromatic heterocycles. The van der Waals surface area contributed by atoms with E-state index in [9.17, 15) is 9.90 Å². The number of rotatable bonds is 15. The summed E-state index contributed by atoms with van der Waals surface area (Å²) >= 11 is 0. The van der Waals surface area contributed by atoms with Gasteiger partial charge in [-0.15, -0.1) is 0 Å². The van der Waals surface area contributed by atoms with E-state index in [1.165, 1.54) is 57.8 Å². The first-order chi connectivity index (χ1) is 10.6. The number of aliphatic carboxylic acids is 1. The van der Waals surface area contributed by atoms with Gasteiger partial charge in [-0.3, -0.25) is 4.79 Å². The molecule has 1 fully saturated rings. The number of carboxylic acids is 1. The van der Waals surface area contributed by atoms with E-state index in [1.54, 1.807) is 0 Å². The van der Waals surface area contributed by atoms with Gasteiger partial charge in [-0.25, -0.2) is 0 Å². The van der Waals surface area contributed by atoms with Crippen LogP contribution in [0, 0.1) is 11.8 Å². The highest BCUT2D eigenvalue weighted by molar-refractivity contribution is 5.66. The van der Waals surface area contributed by atoms with Crippen molar-refractivity contribution >= 4 is 5.97 Å². The molecular formula is C19H36O3. The van der Waals surface area contributed by atoms with E-state index in [1.807, 2.05) is 0 Å². The zero-order chi connectivity index (χ0) is 16.2. The maximum Gasteiger partial charge on any atom is 0.303 e. The summed E-state index contributed by atoms with van der Waals surface area (Å²) in [4.78, 5) is 10.4. The molecule has 2 unspecified atom stereocenters. The highest BCUT2D eigenvalue weighted by Crippen LogP contribution is 2.45. The molecule has 22 heavy (non-hydrogen) atoms. The molecule has 3 atom stereocenters. The fourth-order valence-corrected chi connectivity index (χ4v) is 3.44. The molecule has 0 aromatic carbocycles. The van der Waals surface area contributed by atoms with Crippen LogP contribution in [0.2, 0.25) is 0 Å². The quantitative estimate of drug-likeness (QED) is 0.411. The Labute approximate surface area is 136 Å². The molecule has 3 heteroatoms. The van der Waals surface area contributed by atoms with Crippen LogP contribution in [0.3, 0.4) is 0 Å². The van der Waals surface area contributed by atoms with Gasteiger partial charge in [0.2, 0.25) is 0 Å². The van der Waals surface area contributed by atoms with Crippen molar-refractivity contribution in [1.29, 1.82) is 0 Å². The summed E-state index contributed by atoms with van der Waals surface area (Å²) in [5.74, 6) is 0.978. The molecule has 2 N–H and O–H groups in total. The van der Waals surface area contributed by atoms with Gasteiger partial charge in [0.1, 0.15) is 0 Å². The molecule has 0 saturated heterocycles. The summed E-state index contributed by atoms with van der Waals surface area (Å²) in [7, 11) is 0. The summed E-state index contributed by atoms with van der Waals surface area (Å²) in [6, 6.07) is 0. The van der Waals surface area contributed by atoms with Crippen LogP contribution in [-0.2, 0) is 4.79 Å². The average molecular weight is 312 g/mol. The Morgan fingerprint density at radius 1 is 1.00 bits per heavy atom. The zero-order valence-corrected chi connectivity index (χ0v) is 14.4. The number of carbonyl (C=O) groups is 1. The second-order valence-electron chi connectivity index (χ2n) is 7.19. The Morgan fingerprint density at radius 3 is 2.41 bits per heavy atom. The van der Waals surface area contributed by atoms with E-state index in [2.05, 4.69) is 6.92 Å². The third-order valence-corrected chi connectivity index (χ3v) is 5.00. The Morgan fingerprint density at radius 2 is 1.68 bits per heavy atom. The van der Waals surface area contributed by atoms with Crippen LogP contribution in [0.15, 0.2) is 0 Å². The molecule has 0 amide bonds. The maximum atomic E-state index is 10.4. The topological polar surface area (TPSA) is 57.5 Å². The molecule has 0 spiro atoms. The lowest BCUT2D eigenvalue weighted by atomic mass is 10.0. The Bertz CT molecular complexity index is 290. The highest BCUT2D eigenvalue weighted by atomic mass is 16.4. The number of aliphatic hydroxyl groups excluding tert-OH is 1. The van der Waals surface area contributed by atoms with Gasteiger partial charge in [-0.05, 0) is 37.5 Å². The number of aliphatic hydroxyl groups is 1. The minimum Gasteiger partial charge on any atom is -0.481 e. The standard InChI is InChI=1S/C19H36O3/c1-2-3-4-9-12-18(20)15-17-14-16(17)11-8-6-5-7-10-13-19(21)22/h16-18,20H,2-15H2,1H3,(H,21,22)/t16?,17?,18-/m1/s1. The van der Waals surface area contributed by atoms with Crippen molar-refractivity contribution in [2.75, 3.05) is 0 Å². The second kappa shape index (κ2) is 11.9. The molecule has 0 aromatic rings. The fourth-order valence-electron chi connectivity index (χ4n) is 3.44. The molecule has 0 aliphatic heterocycles. The average Bonchev–Trinajstić information content (AvgIpc) is 3.20. The summed E-state index contributed by atoms with van der Waals surface area (Å²) < 4.78 is 0.